The number of aryl methyl sites for hydroxylation is 1. The minimum absolute atomic E-state index is 0.132. The summed E-state index contributed by atoms with van der Waals surface area (Å²) in [5.41, 5.74) is 1.17. The van der Waals surface area contributed by atoms with Crippen LogP contribution in [0.2, 0.25) is 5.02 Å². The summed E-state index contributed by atoms with van der Waals surface area (Å²) >= 11 is 7.99. The van der Waals surface area contributed by atoms with Gasteiger partial charge in [-0.2, -0.15) is 0 Å². The molecule has 0 saturated carbocycles. The van der Waals surface area contributed by atoms with E-state index in [1.165, 1.54) is 15.3 Å². The molecule has 2 atom stereocenters. The number of rotatable bonds is 4. The van der Waals surface area contributed by atoms with Gasteiger partial charge in [0, 0.05) is 32.8 Å². The lowest BCUT2D eigenvalue weighted by Gasteiger charge is -2.32. The Hall–Kier alpha value is -1.03. The standard InChI is InChI=1S/C17H20ClNOS/c1-3-12-6-8-17(21-12)16-10-14(19-4-2)13-9-11(18)5-7-15(13)20-16/h5-9,14,16,19H,3-4,10H2,1-2H3. The van der Waals surface area contributed by atoms with E-state index in [4.69, 9.17) is 16.3 Å². The van der Waals surface area contributed by atoms with Crippen LogP contribution in [0.4, 0.5) is 0 Å². The molecule has 1 aliphatic heterocycles. The van der Waals surface area contributed by atoms with E-state index in [0.29, 0.717) is 6.04 Å². The first-order valence-corrected chi connectivity index (χ1v) is 8.68. The highest BCUT2D eigenvalue weighted by Gasteiger charge is 2.29. The van der Waals surface area contributed by atoms with E-state index < -0.39 is 0 Å². The molecule has 2 heterocycles. The van der Waals surface area contributed by atoms with Gasteiger partial charge in [-0.15, -0.1) is 11.3 Å². The van der Waals surface area contributed by atoms with Crippen LogP contribution in [0.15, 0.2) is 30.3 Å². The average Bonchev–Trinajstić information content (AvgIpc) is 2.97. The van der Waals surface area contributed by atoms with Crippen molar-refractivity contribution in [1.29, 1.82) is 0 Å². The van der Waals surface area contributed by atoms with Crippen molar-refractivity contribution < 1.29 is 4.74 Å². The molecular weight excluding hydrogens is 302 g/mol. The van der Waals surface area contributed by atoms with Crippen molar-refractivity contribution in [3.63, 3.8) is 0 Å². The number of halogens is 1. The van der Waals surface area contributed by atoms with Crippen molar-refractivity contribution in [3.8, 4) is 5.75 Å². The Balaban J connectivity index is 1.91. The predicted molar refractivity (Wildman–Crippen MR) is 89.6 cm³/mol. The lowest BCUT2D eigenvalue weighted by molar-refractivity contribution is 0.155. The minimum atomic E-state index is 0.132. The second-order valence-corrected chi connectivity index (χ2v) is 6.93. The van der Waals surface area contributed by atoms with Crippen LogP contribution in [0.25, 0.3) is 0 Å². The summed E-state index contributed by atoms with van der Waals surface area (Å²) in [6.45, 7) is 5.26. The molecule has 0 saturated heterocycles. The lowest BCUT2D eigenvalue weighted by atomic mass is 9.95. The van der Waals surface area contributed by atoms with Crippen LogP contribution in [0, 0.1) is 0 Å². The normalized spacial score (nSPS) is 20.9. The number of fused-ring (bicyclic) bond motifs is 1. The van der Waals surface area contributed by atoms with Crippen LogP contribution in [0.5, 0.6) is 5.75 Å². The molecule has 1 aromatic heterocycles. The van der Waals surface area contributed by atoms with Crippen molar-refractivity contribution in [2.24, 2.45) is 0 Å². The molecule has 0 fully saturated rings. The third kappa shape index (κ3) is 3.10. The summed E-state index contributed by atoms with van der Waals surface area (Å²) < 4.78 is 6.22. The number of thiophene rings is 1. The number of hydrogen-bond acceptors (Lipinski definition) is 3. The molecule has 2 nitrogen and oxygen atoms in total. The molecular formula is C17H20ClNOS. The van der Waals surface area contributed by atoms with Gasteiger partial charge >= 0.3 is 0 Å². The fourth-order valence-corrected chi connectivity index (χ4v) is 3.99. The third-order valence-electron chi connectivity index (χ3n) is 3.87. The molecule has 0 amide bonds. The van der Waals surface area contributed by atoms with Gasteiger partial charge in [-0.05, 0) is 43.3 Å². The summed E-state index contributed by atoms with van der Waals surface area (Å²) in [5, 5.41) is 4.32. The molecule has 0 spiro atoms. The van der Waals surface area contributed by atoms with Gasteiger partial charge in [-0.1, -0.05) is 25.4 Å². The van der Waals surface area contributed by atoms with Gasteiger partial charge in [-0.3, -0.25) is 0 Å². The summed E-state index contributed by atoms with van der Waals surface area (Å²) in [6, 6.07) is 10.6. The molecule has 0 aliphatic carbocycles. The van der Waals surface area contributed by atoms with E-state index in [1.54, 1.807) is 0 Å². The van der Waals surface area contributed by atoms with Crippen LogP contribution < -0.4 is 10.1 Å². The van der Waals surface area contributed by atoms with Crippen LogP contribution in [-0.4, -0.2) is 6.54 Å². The summed E-state index contributed by atoms with van der Waals surface area (Å²) in [5.74, 6) is 0.952. The minimum Gasteiger partial charge on any atom is -0.484 e. The van der Waals surface area contributed by atoms with Crippen LogP contribution >= 0.6 is 22.9 Å². The smallest absolute Gasteiger partial charge is 0.135 e. The van der Waals surface area contributed by atoms with Gasteiger partial charge in [0.15, 0.2) is 0 Å². The van der Waals surface area contributed by atoms with Crippen molar-refractivity contribution in [1.82, 2.24) is 5.32 Å². The van der Waals surface area contributed by atoms with Gasteiger partial charge in [0.1, 0.15) is 11.9 Å². The summed E-state index contributed by atoms with van der Waals surface area (Å²) in [7, 11) is 0. The van der Waals surface area contributed by atoms with Gasteiger partial charge < -0.3 is 10.1 Å². The first kappa shape index (κ1) is 14.9. The van der Waals surface area contributed by atoms with Gasteiger partial charge in [0.05, 0.1) is 0 Å². The van der Waals surface area contributed by atoms with E-state index in [-0.39, 0.29) is 6.10 Å². The van der Waals surface area contributed by atoms with Gasteiger partial charge in [0.2, 0.25) is 0 Å². The fourth-order valence-electron chi connectivity index (χ4n) is 2.81. The zero-order valence-corrected chi connectivity index (χ0v) is 13.9. The first-order valence-electron chi connectivity index (χ1n) is 7.49. The lowest BCUT2D eigenvalue weighted by Crippen LogP contribution is -2.28. The summed E-state index contributed by atoms with van der Waals surface area (Å²) in [4.78, 5) is 2.73. The Morgan fingerprint density at radius 2 is 2.14 bits per heavy atom. The quantitative estimate of drug-likeness (QED) is 0.842. The second kappa shape index (κ2) is 6.39. The largest absolute Gasteiger partial charge is 0.484 e. The Bertz CT molecular complexity index is 625. The topological polar surface area (TPSA) is 21.3 Å². The SMILES string of the molecule is CCNC1CC(c2ccc(CC)s2)Oc2ccc(Cl)cc21. The van der Waals surface area contributed by atoms with Gasteiger partial charge in [0.25, 0.3) is 0 Å². The maximum Gasteiger partial charge on any atom is 0.135 e. The van der Waals surface area contributed by atoms with Gasteiger partial charge in [-0.25, -0.2) is 0 Å². The second-order valence-electron chi connectivity index (χ2n) is 5.29. The molecule has 2 aromatic rings. The third-order valence-corrected chi connectivity index (χ3v) is 5.42. The first-order chi connectivity index (χ1) is 10.2. The molecule has 2 unspecified atom stereocenters. The molecule has 1 aliphatic rings. The van der Waals surface area contributed by atoms with E-state index in [1.807, 2.05) is 29.5 Å². The zero-order valence-electron chi connectivity index (χ0n) is 12.4. The number of hydrogen-bond donors (Lipinski definition) is 1. The van der Waals surface area contributed by atoms with E-state index >= 15 is 0 Å². The molecule has 0 radical (unpaired) electrons. The van der Waals surface area contributed by atoms with Crippen molar-refractivity contribution in [2.45, 2.75) is 38.8 Å². The predicted octanol–water partition coefficient (Wildman–Crippen LogP) is 5.14. The molecule has 112 valence electrons. The fraction of sp³-hybridized carbons (Fsp3) is 0.412. The highest BCUT2D eigenvalue weighted by atomic mass is 35.5. The Labute approximate surface area is 135 Å². The zero-order chi connectivity index (χ0) is 14.8. The summed E-state index contributed by atoms with van der Waals surface area (Å²) in [6.07, 6.45) is 2.17. The van der Waals surface area contributed by atoms with Crippen molar-refractivity contribution in [3.05, 3.63) is 50.7 Å². The number of nitrogens with one attached hydrogen (secondary N) is 1. The Morgan fingerprint density at radius 3 is 2.86 bits per heavy atom. The van der Waals surface area contributed by atoms with E-state index in [2.05, 4.69) is 31.3 Å². The van der Waals surface area contributed by atoms with Crippen molar-refractivity contribution >= 4 is 22.9 Å². The van der Waals surface area contributed by atoms with E-state index in [0.717, 1.165) is 30.2 Å². The molecule has 3 rings (SSSR count). The average molecular weight is 322 g/mol. The van der Waals surface area contributed by atoms with Crippen LogP contribution in [0.3, 0.4) is 0 Å². The molecule has 1 aromatic carbocycles. The Kier molecular flexibility index (Phi) is 4.53. The van der Waals surface area contributed by atoms with Crippen molar-refractivity contribution in [2.75, 3.05) is 6.54 Å². The number of benzene rings is 1. The maximum absolute atomic E-state index is 6.22. The Morgan fingerprint density at radius 1 is 1.29 bits per heavy atom. The molecule has 1 N–H and O–H groups in total. The van der Waals surface area contributed by atoms with Crippen LogP contribution in [-0.2, 0) is 6.42 Å². The highest BCUT2D eigenvalue weighted by molar-refractivity contribution is 7.12. The molecule has 21 heavy (non-hydrogen) atoms. The highest BCUT2D eigenvalue weighted by Crippen LogP contribution is 2.43. The monoisotopic (exact) mass is 321 g/mol. The molecule has 0 bridgehead atoms. The number of ether oxygens (including phenoxy) is 1. The molecule has 4 heteroatoms. The maximum atomic E-state index is 6.22. The van der Waals surface area contributed by atoms with Crippen LogP contribution in [0.1, 0.15) is 47.7 Å². The van der Waals surface area contributed by atoms with E-state index in [9.17, 15) is 0 Å².